The summed E-state index contributed by atoms with van der Waals surface area (Å²) in [5.41, 5.74) is 8.51. The van der Waals surface area contributed by atoms with E-state index in [-0.39, 0.29) is 42.7 Å². The van der Waals surface area contributed by atoms with Crippen LogP contribution in [0, 0.1) is 11.8 Å². The molecule has 6 heteroatoms. The van der Waals surface area contributed by atoms with E-state index in [9.17, 15) is 4.79 Å². The minimum absolute atomic E-state index is 0. The van der Waals surface area contributed by atoms with Crippen LogP contribution in [0.2, 0.25) is 0 Å². The van der Waals surface area contributed by atoms with Crippen molar-refractivity contribution in [3.05, 3.63) is 66.2 Å². The number of halogens is 2. The third kappa shape index (κ3) is 6.13. The number of hydrogen-bond acceptors (Lipinski definition) is 3. The molecule has 3 N–H and O–H groups in total. The summed E-state index contributed by atoms with van der Waals surface area (Å²) in [5.74, 6) is 0.285. The fourth-order valence-corrected chi connectivity index (χ4v) is 3.41. The van der Waals surface area contributed by atoms with E-state index in [0.717, 1.165) is 25.1 Å². The van der Waals surface area contributed by atoms with Crippen LogP contribution < -0.4 is 16.0 Å². The maximum Gasteiger partial charge on any atom is 0.224 e. The molecule has 4 nitrogen and oxygen atoms in total. The lowest BCUT2D eigenvalue weighted by molar-refractivity contribution is -0.125. The highest BCUT2D eigenvalue weighted by molar-refractivity contribution is 5.85. The van der Waals surface area contributed by atoms with Gasteiger partial charge in [-0.2, -0.15) is 0 Å². The summed E-state index contributed by atoms with van der Waals surface area (Å²) in [4.78, 5) is 14.8. The molecule has 1 saturated heterocycles. The van der Waals surface area contributed by atoms with Crippen LogP contribution in [0.5, 0.6) is 0 Å². The predicted octanol–water partition coefficient (Wildman–Crippen LogP) is 3.81. The number of amides is 1. The largest absolute Gasteiger partial charge is 0.371 e. The monoisotopic (exact) mass is 409 g/mol. The number of nitrogens with zero attached hydrogens (tertiary/aromatic N) is 1. The zero-order valence-corrected chi connectivity index (χ0v) is 17.2. The van der Waals surface area contributed by atoms with Crippen molar-refractivity contribution in [2.24, 2.45) is 17.6 Å². The highest BCUT2D eigenvalue weighted by Gasteiger charge is 2.26. The molecule has 0 aliphatic carbocycles. The van der Waals surface area contributed by atoms with Crippen molar-refractivity contribution >= 4 is 36.4 Å². The van der Waals surface area contributed by atoms with E-state index >= 15 is 0 Å². The minimum atomic E-state index is -0.273. The Morgan fingerprint density at radius 3 is 2.33 bits per heavy atom. The Labute approximate surface area is 174 Å². The Bertz CT molecular complexity index is 684. The van der Waals surface area contributed by atoms with Gasteiger partial charge in [0.05, 0.1) is 5.92 Å². The van der Waals surface area contributed by atoms with Gasteiger partial charge < -0.3 is 16.0 Å². The van der Waals surface area contributed by atoms with Gasteiger partial charge in [0.25, 0.3) is 0 Å². The number of benzene rings is 2. The molecule has 27 heavy (non-hydrogen) atoms. The molecule has 1 aliphatic rings. The molecule has 1 amide bonds. The van der Waals surface area contributed by atoms with Crippen molar-refractivity contribution in [2.45, 2.75) is 19.4 Å². The second kappa shape index (κ2) is 11.2. The number of carbonyl (C=O) groups is 1. The molecule has 3 atom stereocenters. The van der Waals surface area contributed by atoms with Crippen molar-refractivity contribution in [2.75, 3.05) is 24.5 Å². The lowest BCUT2D eigenvalue weighted by Gasteiger charge is -2.21. The zero-order chi connectivity index (χ0) is 17.6. The van der Waals surface area contributed by atoms with Gasteiger partial charge in [0.1, 0.15) is 0 Å². The van der Waals surface area contributed by atoms with E-state index in [4.69, 9.17) is 5.73 Å². The fourth-order valence-electron chi connectivity index (χ4n) is 3.41. The molecule has 3 unspecified atom stereocenters. The smallest absolute Gasteiger partial charge is 0.224 e. The summed E-state index contributed by atoms with van der Waals surface area (Å²) in [7, 11) is 0. The molecule has 0 saturated carbocycles. The van der Waals surface area contributed by atoms with E-state index in [0.29, 0.717) is 12.5 Å². The van der Waals surface area contributed by atoms with Crippen molar-refractivity contribution in [1.29, 1.82) is 0 Å². The Morgan fingerprint density at radius 1 is 1.11 bits per heavy atom. The van der Waals surface area contributed by atoms with Crippen molar-refractivity contribution in [3.8, 4) is 0 Å². The molecule has 148 valence electrons. The molecule has 0 radical (unpaired) electrons. The molecule has 2 aromatic carbocycles. The van der Waals surface area contributed by atoms with Crippen LogP contribution in [0.1, 0.15) is 24.9 Å². The van der Waals surface area contributed by atoms with Crippen LogP contribution in [0.4, 0.5) is 5.69 Å². The van der Waals surface area contributed by atoms with Gasteiger partial charge in [-0.05, 0) is 30.0 Å². The van der Waals surface area contributed by atoms with Gasteiger partial charge in [-0.25, -0.2) is 0 Å². The molecule has 0 aromatic heterocycles. The fraction of sp³-hybridized carbons (Fsp3) is 0.381. The van der Waals surface area contributed by atoms with Crippen molar-refractivity contribution in [1.82, 2.24) is 5.32 Å². The van der Waals surface area contributed by atoms with Gasteiger partial charge in [-0.15, -0.1) is 24.8 Å². The maximum atomic E-state index is 12.5. The predicted molar refractivity (Wildman–Crippen MR) is 117 cm³/mol. The first-order valence-electron chi connectivity index (χ1n) is 9.03. The van der Waals surface area contributed by atoms with E-state index < -0.39 is 0 Å². The first-order valence-corrected chi connectivity index (χ1v) is 9.03. The normalized spacial score (nSPS) is 18.0. The summed E-state index contributed by atoms with van der Waals surface area (Å²) < 4.78 is 0. The first-order chi connectivity index (χ1) is 12.1. The molecule has 1 fully saturated rings. The summed E-state index contributed by atoms with van der Waals surface area (Å²) in [6, 6.07) is 20.0. The third-order valence-electron chi connectivity index (χ3n) is 5.11. The number of hydrogen-bond donors (Lipinski definition) is 2. The quantitative estimate of drug-likeness (QED) is 0.762. The van der Waals surface area contributed by atoms with Crippen LogP contribution >= 0.6 is 24.8 Å². The lowest BCUT2D eigenvalue weighted by Crippen LogP contribution is -2.38. The SMILES string of the molecule is CC(C(=O)NCC1CCN(c2ccccc2)C1)C(N)c1ccccc1.Cl.Cl. The summed E-state index contributed by atoms with van der Waals surface area (Å²) in [5, 5.41) is 3.10. The number of carbonyl (C=O) groups excluding carboxylic acids is 1. The summed E-state index contributed by atoms with van der Waals surface area (Å²) >= 11 is 0. The molecule has 0 bridgehead atoms. The van der Waals surface area contributed by atoms with E-state index in [1.54, 1.807) is 0 Å². The number of nitrogens with two attached hydrogens (primary N) is 1. The first kappa shape index (κ1) is 23.3. The topological polar surface area (TPSA) is 58.4 Å². The molecule has 1 heterocycles. The van der Waals surface area contributed by atoms with Gasteiger partial charge in [-0.1, -0.05) is 55.5 Å². The van der Waals surface area contributed by atoms with Crippen LogP contribution in [-0.2, 0) is 4.79 Å². The second-order valence-electron chi connectivity index (χ2n) is 6.91. The Balaban J connectivity index is 0.00000182. The number of rotatable bonds is 6. The van der Waals surface area contributed by atoms with Gasteiger partial charge in [0.15, 0.2) is 0 Å². The molecule has 0 spiro atoms. The third-order valence-corrected chi connectivity index (χ3v) is 5.11. The average Bonchev–Trinajstić information content (AvgIpc) is 3.15. The average molecular weight is 410 g/mol. The molecule has 3 rings (SSSR count). The van der Waals surface area contributed by atoms with Gasteiger partial charge in [0.2, 0.25) is 5.91 Å². The standard InChI is InChI=1S/C21H27N3O.2ClH/c1-16(20(22)18-8-4-2-5-9-18)21(25)23-14-17-12-13-24(15-17)19-10-6-3-7-11-19;;/h2-11,16-17,20H,12-15,22H2,1H3,(H,23,25);2*1H. The second-order valence-corrected chi connectivity index (χ2v) is 6.91. The number of nitrogens with one attached hydrogen (secondary N) is 1. The van der Waals surface area contributed by atoms with Crippen LogP contribution in [0.3, 0.4) is 0 Å². The summed E-state index contributed by atoms with van der Waals surface area (Å²) in [6.07, 6.45) is 1.11. The van der Waals surface area contributed by atoms with Crippen molar-refractivity contribution < 1.29 is 4.79 Å². The highest BCUT2D eigenvalue weighted by Crippen LogP contribution is 2.23. The summed E-state index contributed by atoms with van der Waals surface area (Å²) in [6.45, 7) is 4.65. The van der Waals surface area contributed by atoms with E-state index in [1.807, 2.05) is 43.3 Å². The lowest BCUT2D eigenvalue weighted by atomic mass is 9.94. The van der Waals surface area contributed by atoms with E-state index in [1.165, 1.54) is 5.69 Å². The Hall–Kier alpha value is -1.75. The van der Waals surface area contributed by atoms with Gasteiger partial charge in [0, 0.05) is 31.4 Å². The maximum absolute atomic E-state index is 12.5. The van der Waals surface area contributed by atoms with Crippen LogP contribution in [-0.4, -0.2) is 25.5 Å². The molecular formula is C21H29Cl2N3O. The molecule has 1 aliphatic heterocycles. The molecular weight excluding hydrogens is 381 g/mol. The minimum Gasteiger partial charge on any atom is -0.371 e. The number of anilines is 1. The van der Waals surface area contributed by atoms with Crippen LogP contribution in [0.25, 0.3) is 0 Å². The van der Waals surface area contributed by atoms with Gasteiger partial charge >= 0.3 is 0 Å². The van der Waals surface area contributed by atoms with Crippen LogP contribution in [0.15, 0.2) is 60.7 Å². The van der Waals surface area contributed by atoms with Crippen molar-refractivity contribution in [3.63, 3.8) is 0 Å². The highest BCUT2D eigenvalue weighted by atomic mass is 35.5. The number of para-hydroxylation sites is 1. The zero-order valence-electron chi connectivity index (χ0n) is 15.6. The van der Waals surface area contributed by atoms with Gasteiger partial charge in [-0.3, -0.25) is 4.79 Å². The van der Waals surface area contributed by atoms with E-state index in [2.05, 4.69) is 34.5 Å². The Kier molecular flexibility index (Phi) is 9.64. The Morgan fingerprint density at radius 2 is 1.70 bits per heavy atom. The molecule has 2 aromatic rings.